The number of imidazole rings is 1. The van der Waals surface area contributed by atoms with Gasteiger partial charge in [-0.25, -0.2) is 4.98 Å². The van der Waals surface area contributed by atoms with Crippen LogP contribution in [0.25, 0.3) is 22.7 Å². The third kappa shape index (κ3) is 3.78. The fraction of sp³-hybridized carbons (Fsp3) is 0.273. The molecule has 0 unspecified atom stereocenters. The Bertz CT molecular complexity index is 952. The normalized spacial score (nSPS) is 12.8. The number of aromatic nitrogens is 2. The van der Waals surface area contributed by atoms with Gasteiger partial charge < -0.3 is 9.72 Å². The van der Waals surface area contributed by atoms with Crippen molar-refractivity contribution in [3.63, 3.8) is 0 Å². The molecule has 1 aromatic heterocycles. The number of ether oxygens (including phenoxy) is 1. The van der Waals surface area contributed by atoms with E-state index in [1.165, 1.54) is 11.1 Å². The fourth-order valence-electron chi connectivity index (χ4n) is 2.68. The van der Waals surface area contributed by atoms with Crippen molar-refractivity contribution in [1.29, 1.82) is 5.26 Å². The van der Waals surface area contributed by atoms with E-state index >= 15 is 0 Å². The van der Waals surface area contributed by atoms with Crippen molar-refractivity contribution in [2.45, 2.75) is 40.2 Å². The standard InChI is InChI=1S/C22H23N3O/c1-5-16(4)26-19-8-6-17(7-9-19)12-18(13-23)22-24-20-10-14(2)15(3)11-21(20)25-22/h6-12,16H,5H2,1-4H3,(H,24,25)/b18-12-/t16-/m0/s1. The van der Waals surface area contributed by atoms with Crippen molar-refractivity contribution >= 4 is 22.7 Å². The Balaban J connectivity index is 1.90. The summed E-state index contributed by atoms with van der Waals surface area (Å²) in [7, 11) is 0. The van der Waals surface area contributed by atoms with E-state index in [4.69, 9.17) is 4.74 Å². The molecule has 0 radical (unpaired) electrons. The summed E-state index contributed by atoms with van der Waals surface area (Å²) in [4.78, 5) is 7.83. The van der Waals surface area contributed by atoms with Crippen molar-refractivity contribution in [2.24, 2.45) is 0 Å². The summed E-state index contributed by atoms with van der Waals surface area (Å²) in [5.41, 5.74) is 5.66. The minimum Gasteiger partial charge on any atom is -0.491 e. The van der Waals surface area contributed by atoms with Gasteiger partial charge in [0.2, 0.25) is 0 Å². The zero-order chi connectivity index (χ0) is 18.7. The number of nitrogens with one attached hydrogen (secondary N) is 1. The van der Waals surface area contributed by atoms with E-state index in [2.05, 4.69) is 42.9 Å². The second-order valence-corrected chi connectivity index (χ2v) is 6.61. The summed E-state index contributed by atoms with van der Waals surface area (Å²) in [6, 6.07) is 14.1. The lowest BCUT2D eigenvalue weighted by Crippen LogP contribution is -2.09. The first kappa shape index (κ1) is 17.8. The molecule has 0 saturated heterocycles. The van der Waals surface area contributed by atoms with Gasteiger partial charge in [0.1, 0.15) is 17.6 Å². The van der Waals surface area contributed by atoms with Crippen LogP contribution >= 0.6 is 0 Å². The topological polar surface area (TPSA) is 61.7 Å². The van der Waals surface area contributed by atoms with Crippen LogP contribution in [-0.4, -0.2) is 16.1 Å². The second-order valence-electron chi connectivity index (χ2n) is 6.61. The van der Waals surface area contributed by atoms with E-state index in [0.717, 1.165) is 28.8 Å². The molecule has 0 spiro atoms. The molecule has 3 aromatic rings. The fourth-order valence-corrected chi connectivity index (χ4v) is 2.68. The molecule has 0 aliphatic carbocycles. The van der Waals surface area contributed by atoms with Gasteiger partial charge >= 0.3 is 0 Å². The summed E-state index contributed by atoms with van der Waals surface area (Å²) in [6.45, 7) is 8.27. The molecule has 1 N–H and O–H groups in total. The number of allylic oxidation sites excluding steroid dienone is 1. The Kier molecular flexibility index (Phi) is 5.09. The number of nitrogens with zero attached hydrogens (tertiary/aromatic N) is 2. The lowest BCUT2D eigenvalue weighted by atomic mass is 10.1. The summed E-state index contributed by atoms with van der Waals surface area (Å²) in [5, 5.41) is 9.58. The van der Waals surface area contributed by atoms with Crippen molar-refractivity contribution < 1.29 is 4.74 Å². The molecule has 0 amide bonds. The molecule has 4 heteroatoms. The van der Waals surface area contributed by atoms with Crippen LogP contribution in [0.4, 0.5) is 0 Å². The van der Waals surface area contributed by atoms with E-state index < -0.39 is 0 Å². The van der Waals surface area contributed by atoms with Gasteiger partial charge in [0.25, 0.3) is 0 Å². The second kappa shape index (κ2) is 7.45. The smallest absolute Gasteiger partial charge is 0.149 e. The molecular formula is C22H23N3O. The molecule has 1 heterocycles. The van der Waals surface area contributed by atoms with Crippen molar-refractivity contribution in [3.05, 3.63) is 58.9 Å². The Hall–Kier alpha value is -3.06. The van der Waals surface area contributed by atoms with Gasteiger partial charge in [0.05, 0.1) is 22.7 Å². The largest absolute Gasteiger partial charge is 0.491 e. The zero-order valence-corrected chi connectivity index (χ0v) is 15.6. The Morgan fingerprint density at radius 1 is 1.23 bits per heavy atom. The van der Waals surface area contributed by atoms with Crippen LogP contribution in [0.5, 0.6) is 5.75 Å². The van der Waals surface area contributed by atoms with Crippen LogP contribution in [0.2, 0.25) is 0 Å². The van der Waals surface area contributed by atoms with E-state index in [9.17, 15) is 5.26 Å². The van der Waals surface area contributed by atoms with Gasteiger partial charge in [0.15, 0.2) is 0 Å². The van der Waals surface area contributed by atoms with E-state index in [1.807, 2.05) is 43.3 Å². The Morgan fingerprint density at radius 2 is 1.92 bits per heavy atom. The molecule has 1 atom stereocenters. The van der Waals surface area contributed by atoms with E-state index in [-0.39, 0.29) is 6.10 Å². The van der Waals surface area contributed by atoms with Crippen LogP contribution in [0.3, 0.4) is 0 Å². The highest BCUT2D eigenvalue weighted by Gasteiger charge is 2.09. The predicted molar refractivity (Wildman–Crippen MR) is 106 cm³/mol. The van der Waals surface area contributed by atoms with Crippen molar-refractivity contribution in [2.75, 3.05) is 0 Å². The molecule has 0 fully saturated rings. The number of benzene rings is 2. The summed E-state index contributed by atoms with van der Waals surface area (Å²) < 4.78 is 5.79. The molecule has 4 nitrogen and oxygen atoms in total. The lowest BCUT2D eigenvalue weighted by Gasteiger charge is -2.12. The number of nitriles is 1. The van der Waals surface area contributed by atoms with Gasteiger partial charge in [-0.1, -0.05) is 19.1 Å². The molecular weight excluding hydrogens is 322 g/mol. The molecule has 0 bridgehead atoms. The SMILES string of the molecule is CC[C@H](C)Oc1ccc(/C=C(/C#N)c2nc3cc(C)c(C)cc3[nH]2)cc1. The van der Waals surface area contributed by atoms with Gasteiger partial charge in [-0.05, 0) is 74.2 Å². The number of rotatable bonds is 5. The molecule has 0 saturated carbocycles. The van der Waals surface area contributed by atoms with Gasteiger partial charge in [-0.3, -0.25) is 0 Å². The number of hydrogen-bond donors (Lipinski definition) is 1. The molecule has 3 rings (SSSR count). The number of aryl methyl sites for hydroxylation is 2. The molecule has 0 aliphatic rings. The average molecular weight is 345 g/mol. The lowest BCUT2D eigenvalue weighted by molar-refractivity contribution is 0.217. The minimum atomic E-state index is 0.188. The Morgan fingerprint density at radius 3 is 2.58 bits per heavy atom. The molecule has 0 aliphatic heterocycles. The van der Waals surface area contributed by atoms with E-state index in [0.29, 0.717) is 11.4 Å². The van der Waals surface area contributed by atoms with E-state index in [1.54, 1.807) is 0 Å². The molecule has 26 heavy (non-hydrogen) atoms. The number of hydrogen-bond acceptors (Lipinski definition) is 3. The van der Waals surface area contributed by atoms with Crippen LogP contribution in [-0.2, 0) is 0 Å². The number of H-pyrrole nitrogens is 1. The maximum Gasteiger partial charge on any atom is 0.149 e. The third-order valence-electron chi connectivity index (χ3n) is 4.58. The monoisotopic (exact) mass is 345 g/mol. The first-order valence-electron chi connectivity index (χ1n) is 8.86. The summed E-state index contributed by atoms with van der Waals surface area (Å²) in [5.74, 6) is 1.43. The molecule has 2 aromatic carbocycles. The number of fused-ring (bicyclic) bond motifs is 1. The Labute approximate surface area is 154 Å². The number of aromatic amines is 1. The maximum atomic E-state index is 9.58. The predicted octanol–water partition coefficient (Wildman–Crippen LogP) is 5.42. The van der Waals surface area contributed by atoms with Gasteiger partial charge in [-0.2, -0.15) is 5.26 Å². The van der Waals surface area contributed by atoms with Crippen LogP contribution < -0.4 is 4.74 Å². The van der Waals surface area contributed by atoms with Gasteiger partial charge in [-0.15, -0.1) is 0 Å². The quantitative estimate of drug-likeness (QED) is 0.628. The van der Waals surface area contributed by atoms with Gasteiger partial charge in [0, 0.05) is 0 Å². The first-order chi connectivity index (χ1) is 12.5. The summed E-state index contributed by atoms with van der Waals surface area (Å²) >= 11 is 0. The third-order valence-corrected chi connectivity index (χ3v) is 4.58. The first-order valence-corrected chi connectivity index (χ1v) is 8.86. The van der Waals surface area contributed by atoms with Crippen molar-refractivity contribution in [3.8, 4) is 11.8 Å². The van der Waals surface area contributed by atoms with Crippen LogP contribution in [0.15, 0.2) is 36.4 Å². The average Bonchev–Trinajstić information content (AvgIpc) is 3.03. The highest BCUT2D eigenvalue weighted by atomic mass is 16.5. The highest BCUT2D eigenvalue weighted by Crippen LogP contribution is 2.23. The maximum absolute atomic E-state index is 9.58. The van der Waals surface area contributed by atoms with Crippen molar-refractivity contribution in [1.82, 2.24) is 9.97 Å². The highest BCUT2D eigenvalue weighted by molar-refractivity contribution is 5.90. The zero-order valence-electron chi connectivity index (χ0n) is 15.6. The minimum absolute atomic E-state index is 0.188. The van der Waals surface area contributed by atoms with Crippen LogP contribution in [0.1, 0.15) is 42.8 Å². The van der Waals surface area contributed by atoms with Crippen LogP contribution in [0, 0.1) is 25.2 Å². The summed E-state index contributed by atoms with van der Waals surface area (Å²) in [6.07, 6.45) is 2.99. The molecule has 132 valence electrons.